The van der Waals surface area contributed by atoms with E-state index in [1.807, 2.05) is 0 Å². The minimum atomic E-state index is 0.631. The average molecular weight is 210 g/mol. The first-order chi connectivity index (χ1) is 7.09. The molecule has 0 nitrogen and oxygen atoms in total. The normalized spacial score (nSPS) is 33.8. The van der Waals surface area contributed by atoms with E-state index in [4.69, 9.17) is 0 Å². The predicted molar refractivity (Wildman–Crippen MR) is 69.0 cm³/mol. The monoisotopic (exact) mass is 210 g/mol. The molecule has 0 N–H and O–H groups in total. The highest BCUT2D eigenvalue weighted by Crippen LogP contribution is 2.60. The summed E-state index contributed by atoms with van der Waals surface area (Å²) in [6, 6.07) is 0. The van der Waals surface area contributed by atoms with Crippen molar-refractivity contribution in [1.82, 2.24) is 0 Å². The summed E-state index contributed by atoms with van der Waals surface area (Å²) in [5, 5.41) is 0. The maximum atomic E-state index is 2.51. The van der Waals surface area contributed by atoms with Crippen molar-refractivity contribution in [2.45, 2.75) is 73.1 Å². The van der Waals surface area contributed by atoms with Gasteiger partial charge in [0.2, 0.25) is 0 Å². The van der Waals surface area contributed by atoms with Crippen LogP contribution in [0.15, 0.2) is 0 Å². The van der Waals surface area contributed by atoms with Gasteiger partial charge in [0, 0.05) is 0 Å². The second kappa shape index (κ2) is 5.37. The van der Waals surface area contributed by atoms with Crippen molar-refractivity contribution in [3.8, 4) is 0 Å². The number of hydrogen-bond acceptors (Lipinski definition) is 0. The first-order valence-electron chi connectivity index (χ1n) is 7.09. The molecule has 0 radical (unpaired) electrons. The summed E-state index contributed by atoms with van der Waals surface area (Å²) in [5.41, 5.74) is 0.631. The van der Waals surface area contributed by atoms with Gasteiger partial charge in [0.15, 0.2) is 0 Å². The third kappa shape index (κ3) is 2.40. The molecule has 1 saturated carbocycles. The zero-order valence-corrected chi connectivity index (χ0v) is 11.5. The quantitative estimate of drug-likeness (QED) is 0.560. The summed E-state index contributed by atoms with van der Waals surface area (Å²) in [6.07, 6.45) is 8.50. The molecule has 0 aromatic heterocycles. The largest absolute Gasteiger partial charge is 0.0654 e. The van der Waals surface area contributed by atoms with Gasteiger partial charge < -0.3 is 0 Å². The van der Waals surface area contributed by atoms with Crippen molar-refractivity contribution in [2.75, 3.05) is 0 Å². The lowest BCUT2D eigenvalue weighted by Gasteiger charge is -2.60. The van der Waals surface area contributed by atoms with Gasteiger partial charge in [-0.05, 0) is 36.0 Å². The van der Waals surface area contributed by atoms with E-state index in [-0.39, 0.29) is 0 Å². The molecule has 0 bridgehead atoms. The summed E-state index contributed by atoms with van der Waals surface area (Å²) < 4.78 is 0. The average Bonchev–Trinajstić information content (AvgIpc) is 2.21. The van der Waals surface area contributed by atoms with E-state index < -0.39 is 0 Å². The molecule has 0 spiro atoms. The number of rotatable bonds is 6. The van der Waals surface area contributed by atoms with Gasteiger partial charge in [0.1, 0.15) is 0 Å². The Bertz CT molecular complexity index is 164. The highest BCUT2D eigenvalue weighted by atomic mass is 14.6. The highest BCUT2D eigenvalue weighted by Gasteiger charge is 2.53. The Morgan fingerprint density at radius 3 is 1.47 bits per heavy atom. The lowest BCUT2D eigenvalue weighted by molar-refractivity contribution is -0.110. The third-order valence-corrected chi connectivity index (χ3v) is 4.77. The number of hydrogen-bond donors (Lipinski definition) is 0. The summed E-state index contributed by atoms with van der Waals surface area (Å²) in [6.45, 7) is 12.1. The molecular weight excluding hydrogens is 180 g/mol. The minimum Gasteiger partial charge on any atom is -0.0654 e. The Morgan fingerprint density at radius 1 is 0.733 bits per heavy atom. The predicted octanol–water partition coefficient (Wildman–Crippen LogP) is 5.28. The molecule has 15 heavy (non-hydrogen) atoms. The lowest BCUT2D eigenvalue weighted by atomic mass is 9.45. The molecule has 1 rings (SSSR count). The van der Waals surface area contributed by atoms with Gasteiger partial charge in [0.25, 0.3) is 0 Å². The van der Waals surface area contributed by atoms with Crippen LogP contribution in [0.25, 0.3) is 0 Å². The van der Waals surface area contributed by atoms with Gasteiger partial charge in [-0.1, -0.05) is 60.3 Å². The second-order valence-electron chi connectivity index (χ2n) is 6.06. The van der Waals surface area contributed by atoms with Crippen LogP contribution in [-0.4, -0.2) is 0 Å². The lowest BCUT2D eigenvalue weighted by Crippen LogP contribution is -2.53. The van der Waals surface area contributed by atoms with Crippen LogP contribution in [0.3, 0.4) is 0 Å². The van der Waals surface area contributed by atoms with Gasteiger partial charge in [-0.15, -0.1) is 0 Å². The summed E-state index contributed by atoms with van der Waals surface area (Å²) >= 11 is 0. The summed E-state index contributed by atoms with van der Waals surface area (Å²) in [4.78, 5) is 0. The van der Waals surface area contributed by atoms with Crippen molar-refractivity contribution < 1.29 is 0 Å². The molecule has 2 atom stereocenters. The zero-order chi connectivity index (χ0) is 11.5. The van der Waals surface area contributed by atoms with E-state index in [1.165, 1.54) is 38.5 Å². The van der Waals surface area contributed by atoms with Gasteiger partial charge >= 0.3 is 0 Å². The van der Waals surface area contributed by atoms with E-state index in [0.29, 0.717) is 5.41 Å². The van der Waals surface area contributed by atoms with Crippen molar-refractivity contribution in [2.24, 2.45) is 23.2 Å². The fourth-order valence-electron chi connectivity index (χ4n) is 4.07. The molecule has 0 saturated heterocycles. The van der Waals surface area contributed by atoms with E-state index in [2.05, 4.69) is 34.6 Å². The molecule has 0 aliphatic heterocycles. The van der Waals surface area contributed by atoms with Crippen molar-refractivity contribution in [1.29, 1.82) is 0 Å². The van der Waals surface area contributed by atoms with Gasteiger partial charge in [-0.25, -0.2) is 0 Å². The van der Waals surface area contributed by atoms with Gasteiger partial charge in [0.05, 0.1) is 0 Å². The second-order valence-corrected chi connectivity index (χ2v) is 6.06. The van der Waals surface area contributed by atoms with Crippen molar-refractivity contribution >= 4 is 0 Å². The summed E-state index contributed by atoms with van der Waals surface area (Å²) in [5.74, 6) is 3.07. The molecule has 0 heteroatoms. The maximum Gasteiger partial charge on any atom is -0.0292 e. The van der Waals surface area contributed by atoms with Crippen LogP contribution in [0, 0.1) is 23.2 Å². The van der Waals surface area contributed by atoms with Crippen LogP contribution in [0.4, 0.5) is 0 Å². The van der Waals surface area contributed by atoms with Crippen LogP contribution in [-0.2, 0) is 0 Å². The van der Waals surface area contributed by atoms with Gasteiger partial charge in [-0.3, -0.25) is 0 Å². The minimum absolute atomic E-state index is 0.631. The Labute approximate surface area is 96.8 Å². The van der Waals surface area contributed by atoms with E-state index in [0.717, 1.165) is 17.8 Å². The molecule has 1 aliphatic rings. The molecule has 0 aromatic carbocycles. The third-order valence-electron chi connectivity index (χ3n) is 4.77. The van der Waals surface area contributed by atoms with Crippen LogP contribution >= 0.6 is 0 Å². The molecular formula is C15H30. The van der Waals surface area contributed by atoms with Crippen LogP contribution < -0.4 is 0 Å². The zero-order valence-electron chi connectivity index (χ0n) is 11.5. The molecule has 1 aliphatic carbocycles. The molecule has 0 aromatic rings. The highest BCUT2D eigenvalue weighted by molar-refractivity contribution is 5.02. The Hall–Kier alpha value is 0. The fraction of sp³-hybridized carbons (Fsp3) is 1.00. The molecule has 2 unspecified atom stereocenters. The van der Waals surface area contributed by atoms with Crippen LogP contribution in [0.5, 0.6) is 0 Å². The fourth-order valence-corrected chi connectivity index (χ4v) is 4.07. The smallest absolute Gasteiger partial charge is 0.0292 e. The topological polar surface area (TPSA) is 0 Å². The summed E-state index contributed by atoms with van der Waals surface area (Å²) in [7, 11) is 0. The SMILES string of the molecule is CCCC1C(CCC)C(C)(C)C1CCC. The Morgan fingerprint density at radius 2 is 1.13 bits per heavy atom. The standard InChI is InChI=1S/C15H30/c1-6-9-12-13(10-7-2)15(4,5)14(12)11-8-3/h12-14H,6-11H2,1-5H3. The van der Waals surface area contributed by atoms with Crippen LogP contribution in [0.1, 0.15) is 73.1 Å². The molecule has 90 valence electrons. The van der Waals surface area contributed by atoms with Gasteiger partial charge in [-0.2, -0.15) is 0 Å². The Balaban J connectivity index is 2.62. The van der Waals surface area contributed by atoms with Crippen LogP contribution in [0.2, 0.25) is 0 Å². The molecule has 1 fully saturated rings. The Kier molecular flexibility index (Phi) is 4.67. The van der Waals surface area contributed by atoms with E-state index in [9.17, 15) is 0 Å². The van der Waals surface area contributed by atoms with Crippen molar-refractivity contribution in [3.63, 3.8) is 0 Å². The van der Waals surface area contributed by atoms with E-state index in [1.54, 1.807) is 0 Å². The maximum absolute atomic E-state index is 2.51. The first kappa shape index (κ1) is 13.1. The van der Waals surface area contributed by atoms with Crippen molar-refractivity contribution in [3.05, 3.63) is 0 Å². The molecule has 0 heterocycles. The van der Waals surface area contributed by atoms with E-state index >= 15 is 0 Å². The molecule has 0 amide bonds. The first-order valence-corrected chi connectivity index (χ1v) is 7.09.